The molecule has 0 aromatic heterocycles. The highest BCUT2D eigenvalue weighted by molar-refractivity contribution is 5.95. The number of ether oxygens (including phenoxy) is 2. The number of nitrogens with one attached hydrogen (secondary N) is 1. The predicted octanol–water partition coefficient (Wildman–Crippen LogP) is 3.43. The van der Waals surface area contributed by atoms with Crippen LogP contribution in [-0.4, -0.2) is 49.6 Å². The van der Waals surface area contributed by atoms with E-state index in [1.165, 1.54) is 23.8 Å². The maximum Gasteiger partial charge on any atom is 0.328 e. The molecule has 1 amide bonds. The first-order valence-electron chi connectivity index (χ1n) is 11.3. The molecule has 0 radical (unpaired) electrons. The minimum Gasteiger partial charge on any atom is -0.496 e. The van der Waals surface area contributed by atoms with E-state index in [0.717, 1.165) is 18.6 Å². The third kappa shape index (κ3) is 5.19. The molecule has 2 fully saturated rings. The molecule has 9 nitrogen and oxygen atoms in total. The number of rotatable bonds is 7. The summed E-state index contributed by atoms with van der Waals surface area (Å²) < 4.78 is 10.3. The van der Waals surface area contributed by atoms with Crippen LogP contribution in [0, 0.1) is 10.1 Å². The Kier molecular flexibility index (Phi) is 7.10. The Labute approximate surface area is 197 Å². The largest absolute Gasteiger partial charge is 0.496 e. The topological polar surface area (TPSA) is 111 Å². The fourth-order valence-electron chi connectivity index (χ4n) is 4.51. The fourth-order valence-corrected chi connectivity index (χ4v) is 4.51. The van der Waals surface area contributed by atoms with Crippen LogP contribution in [0.1, 0.15) is 36.3 Å². The van der Waals surface area contributed by atoms with Gasteiger partial charge in [-0.25, -0.2) is 4.79 Å². The van der Waals surface area contributed by atoms with Crippen molar-refractivity contribution in [3.05, 3.63) is 69.8 Å². The minimum absolute atomic E-state index is 0.00216. The second kappa shape index (κ2) is 10.4. The average Bonchev–Trinajstić information content (AvgIpc) is 3.26. The van der Waals surface area contributed by atoms with Crippen molar-refractivity contribution in [2.75, 3.05) is 31.7 Å². The van der Waals surface area contributed by atoms with Crippen molar-refractivity contribution >= 4 is 29.3 Å². The van der Waals surface area contributed by atoms with Crippen LogP contribution in [0.2, 0.25) is 0 Å². The van der Waals surface area contributed by atoms with Crippen molar-refractivity contribution in [2.24, 2.45) is 0 Å². The number of methoxy groups -OCH3 is 1. The summed E-state index contributed by atoms with van der Waals surface area (Å²) in [5.74, 6) is 0.312. The summed E-state index contributed by atoms with van der Waals surface area (Å²) in [7, 11) is 1.67. The number of hydrogen-bond donors (Lipinski definition) is 1. The van der Waals surface area contributed by atoms with E-state index in [1.54, 1.807) is 19.2 Å². The van der Waals surface area contributed by atoms with Gasteiger partial charge in [-0.05, 0) is 48.1 Å². The lowest BCUT2D eigenvalue weighted by molar-refractivity contribution is -0.384. The van der Waals surface area contributed by atoms with Gasteiger partial charge in [0.15, 0.2) is 0 Å². The molecule has 9 heteroatoms. The average molecular weight is 466 g/mol. The first-order chi connectivity index (χ1) is 16.5. The van der Waals surface area contributed by atoms with Gasteiger partial charge in [0.05, 0.1) is 18.6 Å². The Hall–Kier alpha value is -3.88. The van der Waals surface area contributed by atoms with Crippen LogP contribution in [0.25, 0.3) is 6.08 Å². The number of piperidine rings is 1. The highest BCUT2D eigenvalue weighted by Gasteiger charge is 2.28. The molecule has 178 valence electrons. The molecule has 0 aliphatic carbocycles. The lowest BCUT2D eigenvalue weighted by Gasteiger charge is -2.34. The molecule has 0 bridgehead atoms. The van der Waals surface area contributed by atoms with Crippen molar-refractivity contribution in [3.63, 3.8) is 0 Å². The molecule has 4 rings (SSSR count). The van der Waals surface area contributed by atoms with Gasteiger partial charge in [0.1, 0.15) is 17.5 Å². The van der Waals surface area contributed by atoms with E-state index in [9.17, 15) is 19.7 Å². The van der Waals surface area contributed by atoms with Crippen molar-refractivity contribution < 1.29 is 24.0 Å². The Morgan fingerprint density at radius 3 is 2.65 bits per heavy atom. The standard InChI is InChI=1S/C25H27N3O6/c1-33-23-5-3-2-4-19(23)18-10-13-27(14-11-18)21-8-6-17(16-22(21)28(31)32)7-9-24(29)26-20-12-15-34-25(20)30/h2-9,16,18,20H,10-15H2,1H3,(H,26,29)/b9-7+/t20-/m0/s1. The monoisotopic (exact) mass is 465 g/mol. The maximum absolute atomic E-state index is 12.1. The number of amides is 1. The Balaban J connectivity index is 1.43. The summed E-state index contributed by atoms with van der Waals surface area (Å²) in [4.78, 5) is 37.0. The highest BCUT2D eigenvalue weighted by atomic mass is 16.6. The predicted molar refractivity (Wildman–Crippen MR) is 127 cm³/mol. The number of hydrogen-bond acceptors (Lipinski definition) is 7. The zero-order valence-electron chi connectivity index (χ0n) is 18.9. The van der Waals surface area contributed by atoms with Gasteiger partial charge in [0, 0.05) is 31.7 Å². The number of nitro groups is 1. The number of cyclic esters (lactones) is 1. The molecule has 1 N–H and O–H groups in total. The number of carbonyl (C=O) groups is 2. The van der Waals surface area contributed by atoms with Gasteiger partial charge in [-0.15, -0.1) is 0 Å². The second-order valence-electron chi connectivity index (χ2n) is 8.36. The number of para-hydroxylation sites is 1. The number of anilines is 1. The minimum atomic E-state index is -0.646. The van der Waals surface area contributed by atoms with E-state index < -0.39 is 22.8 Å². The maximum atomic E-state index is 12.1. The first kappa shape index (κ1) is 23.3. The highest BCUT2D eigenvalue weighted by Crippen LogP contribution is 2.38. The zero-order chi connectivity index (χ0) is 24.1. The van der Waals surface area contributed by atoms with Crippen molar-refractivity contribution in [1.29, 1.82) is 0 Å². The van der Waals surface area contributed by atoms with Crippen LogP contribution in [0.3, 0.4) is 0 Å². The number of esters is 1. The molecule has 2 heterocycles. The summed E-state index contributed by atoms with van der Waals surface area (Å²) in [6.45, 7) is 1.68. The van der Waals surface area contributed by atoms with E-state index >= 15 is 0 Å². The number of carbonyl (C=O) groups excluding carboxylic acids is 2. The van der Waals surface area contributed by atoms with E-state index in [2.05, 4.69) is 11.4 Å². The molecule has 0 unspecified atom stereocenters. The summed E-state index contributed by atoms with van der Waals surface area (Å²) >= 11 is 0. The van der Waals surface area contributed by atoms with E-state index in [-0.39, 0.29) is 12.3 Å². The Morgan fingerprint density at radius 1 is 1.21 bits per heavy atom. The first-order valence-corrected chi connectivity index (χ1v) is 11.3. The third-order valence-corrected chi connectivity index (χ3v) is 6.29. The molecule has 34 heavy (non-hydrogen) atoms. The summed E-state index contributed by atoms with van der Waals surface area (Å²) in [5.41, 5.74) is 2.27. The van der Waals surface area contributed by atoms with Gasteiger partial charge in [0.2, 0.25) is 5.91 Å². The molecule has 1 atom stereocenters. The zero-order valence-corrected chi connectivity index (χ0v) is 18.9. The van der Waals surface area contributed by atoms with Gasteiger partial charge in [0.25, 0.3) is 5.69 Å². The normalized spacial score (nSPS) is 18.7. The Morgan fingerprint density at radius 2 is 1.97 bits per heavy atom. The van der Waals surface area contributed by atoms with E-state index in [0.29, 0.717) is 36.7 Å². The van der Waals surface area contributed by atoms with Gasteiger partial charge in [-0.2, -0.15) is 0 Å². The lowest BCUT2D eigenvalue weighted by Crippen LogP contribution is -2.36. The molecule has 0 spiro atoms. The van der Waals surface area contributed by atoms with Gasteiger partial charge in [-0.3, -0.25) is 14.9 Å². The molecule has 2 aliphatic heterocycles. The number of nitro benzene ring substituents is 1. The van der Waals surface area contributed by atoms with Crippen molar-refractivity contribution in [3.8, 4) is 5.75 Å². The third-order valence-electron chi connectivity index (χ3n) is 6.29. The van der Waals surface area contributed by atoms with E-state index in [1.807, 2.05) is 23.1 Å². The number of nitrogens with zero attached hydrogens (tertiary/aromatic N) is 2. The smallest absolute Gasteiger partial charge is 0.328 e. The van der Waals surface area contributed by atoms with Crippen LogP contribution in [0.4, 0.5) is 11.4 Å². The Bertz CT molecular complexity index is 1110. The molecule has 0 saturated carbocycles. The van der Waals surface area contributed by atoms with Crippen LogP contribution in [0.15, 0.2) is 48.5 Å². The second-order valence-corrected chi connectivity index (χ2v) is 8.36. The van der Waals surface area contributed by atoms with Crippen molar-refractivity contribution in [1.82, 2.24) is 5.32 Å². The van der Waals surface area contributed by atoms with Crippen LogP contribution in [0.5, 0.6) is 5.75 Å². The quantitative estimate of drug-likeness (QED) is 0.289. The van der Waals surface area contributed by atoms with Gasteiger partial charge in [-0.1, -0.05) is 24.3 Å². The molecule has 2 aromatic carbocycles. The van der Waals surface area contributed by atoms with Crippen LogP contribution >= 0.6 is 0 Å². The molecule has 2 aliphatic rings. The van der Waals surface area contributed by atoms with Crippen LogP contribution in [-0.2, 0) is 14.3 Å². The number of benzene rings is 2. The summed E-state index contributed by atoms with van der Waals surface area (Å²) in [5, 5.41) is 14.4. The SMILES string of the molecule is COc1ccccc1C1CCN(c2ccc(/C=C/C(=O)N[C@H]3CCOC3=O)cc2[N+](=O)[O-])CC1. The van der Waals surface area contributed by atoms with Crippen molar-refractivity contribution in [2.45, 2.75) is 31.2 Å². The molecule has 2 aromatic rings. The summed E-state index contributed by atoms with van der Waals surface area (Å²) in [6, 6.07) is 12.3. The summed E-state index contributed by atoms with van der Waals surface area (Å²) in [6.07, 6.45) is 4.93. The fraction of sp³-hybridized carbons (Fsp3) is 0.360. The van der Waals surface area contributed by atoms with Gasteiger partial charge >= 0.3 is 5.97 Å². The van der Waals surface area contributed by atoms with Gasteiger partial charge < -0.3 is 19.7 Å². The molecule has 2 saturated heterocycles. The van der Waals surface area contributed by atoms with E-state index in [4.69, 9.17) is 9.47 Å². The lowest BCUT2D eigenvalue weighted by atomic mass is 9.88. The van der Waals surface area contributed by atoms with Crippen LogP contribution < -0.4 is 15.0 Å². The molecular formula is C25H27N3O6. The molecular weight excluding hydrogens is 438 g/mol.